The second-order valence-corrected chi connectivity index (χ2v) is 4.14. The molecular formula is C12H16BrNO4. The van der Waals surface area contributed by atoms with Gasteiger partial charge in [0.2, 0.25) is 0 Å². The van der Waals surface area contributed by atoms with Crippen LogP contribution in [-0.2, 0) is 4.74 Å². The minimum Gasteiger partial charge on any atom is -0.494 e. The second kappa shape index (κ2) is 7.94. The Morgan fingerprint density at radius 1 is 1.56 bits per heavy atom. The number of ether oxygens (including phenoxy) is 2. The number of aliphatic hydroxyl groups excluding tert-OH is 1. The Morgan fingerprint density at radius 3 is 3.00 bits per heavy atom. The SMILES string of the molecule is CCOc1cccc(NC(=O)OCC(O)CBr)c1. The van der Waals surface area contributed by atoms with E-state index in [1.807, 2.05) is 6.92 Å². The van der Waals surface area contributed by atoms with Crippen LogP contribution >= 0.6 is 15.9 Å². The molecule has 0 radical (unpaired) electrons. The van der Waals surface area contributed by atoms with Gasteiger partial charge in [-0.2, -0.15) is 0 Å². The standard InChI is InChI=1S/C12H16BrNO4/c1-2-17-11-5-3-4-9(6-11)14-12(16)18-8-10(15)7-13/h3-6,10,15H,2,7-8H2,1H3,(H,14,16). The molecule has 0 heterocycles. The molecule has 1 atom stereocenters. The second-order valence-electron chi connectivity index (χ2n) is 3.49. The third kappa shape index (κ3) is 5.37. The monoisotopic (exact) mass is 317 g/mol. The van der Waals surface area contributed by atoms with Crippen molar-refractivity contribution < 1.29 is 19.4 Å². The highest BCUT2D eigenvalue weighted by molar-refractivity contribution is 9.09. The number of amides is 1. The molecule has 0 saturated heterocycles. The molecule has 1 aromatic carbocycles. The minimum absolute atomic E-state index is 0.0533. The van der Waals surface area contributed by atoms with E-state index < -0.39 is 12.2 Å². The first kappa shape index (κ1) is 14.8. The van der Waals surface area contributed by atoms with Crippen LogP contribution in [0.4, 0.5) is 10.5 Å². The summed E-state index contributed by atoms with van der Waals surface area (Å²) < 4.78 is 10.1. The van der Waals surface area contributed by atoms with Gasteiger partial charge >= 0.3 is 6.09 Å². The summed E-state index contributed by atoms with van der Waals surface area (Å²) in [6.45, 7) is 2.39. The van der Waals surface area contributed by atoms with Gasteiger partial charge in [0.15, 0.2) is 0 Å². The maximum Gasteiger partial charge on any atom is 0.411 e. The topological polar surface area (TPSA) is 67.8 Å². The fourth-order valence-electron chi connectivity index (χ4n) is 1.20. The Hall–Kier alpha value is -1.27. The highest BCUT2D eigenvalue weighted by Gasteiger charge is 2.08. The zero-order valence-corrected chi connectivity index (χ0v) is 11.6. The van der Waals surface area contributed by atoms with Crippen LogP contribution in [0.1, 0.15) is 6.92 Å². The lowest BCUT2D eigenvalue weighted by Crippen LogP contribution is -2.22. The Balaban J connectivity index is 2.46. The van der Waals surface area contributed by atoms with E-state index in [4.69, 9.17) is 9.47 Å². The van der Waals surface area contributed by atoms with E-state index in [2.05, 4.69) is 21.2 Å². The first-order chi connectivity index (χ1) is 8.65. The van der Waals surface area contributed by atoms with Gasteiger partial charge in [-0.3, -0.25) is 5.32 Å². The zero-order chi connectivity index (χ0) is 13.4. The number of aliphatic hydroxyl groups is 1. The van der Waals surface area contributed by atoms with E-state index in [0.29, 0.717) is 23.4 Å². The van der Waals surface area contributed by atoms with E-state index >= 15 is 0 Å². The lowest BCUT2D eigenvalue weighted by Gasteiger charge is -2.10. The summed E-state index contributed by atoms with van der Waals surface area (Å²) in [4.78, 5) is 11.4. The molecule has 1 amide bonds. The van der Waals surface area contributed by atoms with Crippen LogP contribution in [-0.4, -0.2) is 35.8 Å². The Bertz CT molecular complexity index is 386. The van der Waals surface area contributed by atoms with Gasteiger partial charge in [-0.05, 0) is 19.1 Å². The third-order valence-corrected chi connectivity index (χ3v) is 2.72. The van der Waals surface area contributed by atoms with Crippen molar-refractivity contribution in [1.29, 1.82) is 0 Å². The maximum atomic E-state index is 11.4. The normalized spacial score (nSPS) is 11.7. The number of alkyl halides is 1. The van der Waals surface area contributed by atoms with Crippen LogP contribution in [0.15, 0.2) is 24.3 Å². The molecule has 0 aliphatic rings. The van der Waals surface area contributed by atoms with E-state index in [1.165, 1.54) is 0 Å². The van der Waals surface area contributed by atoms with E-state index in [9.17, 15) is 9.90 Å². The summed E-state index contributed by atoms with van der Waals surface area (Å²) in [6.07, 6.45) is -1.31. The van der Waals surface area contributed by atoms with Gasteiger partial charge in [0.25, 0.3) is 0 Å². The maximum absolute atomic E-state index is 11.4. The molecule has 0 aromatic heterocycles. The molecule has 1 aromatic rings. The Kier molecular flexibility index (Phi) is 6.53. The van der Waals surface area contributed by atoms with Crippen molar-refractivity contribution in [2.45, 2.75) is 13.0 Å². The van der Waals surface area contributed by atoms with Gasteiger partial charge in [0.05, 0.1) is 12.7 Å². The average Bonchev–Trinajstić information content (AvgIpc) is 2.37. The van der Waals surface area contributed by atoms with Gasteiger partial charge in [-0.15, -0.1) is 0 Å². The molecule has 100 valence electrons. The Morgan fingerprint density at radius 2 is 2.33 bits per heavy atom. The highest BCUT2D eigenvalue weighted by Crippen LogP contribution is 2.17. The van der Waals surface area contributed by atoms with Gasteiger partial charge in [-0.1, -0.05) is 22.0 Å². The molecule has 0 fully saturated rings. The summed E-state index contributed by atoms with van der Waals surface area (Å²) in [7, 11) is 0. The van der Waals surface area contributed by atoms with Crippen LogP contribution in [0, 0.1) is 0 Å². The molecule has 1 rings (SSSR count). The van der Waals surface area contributed by atoms with Crippen LogP contribution in [0.3, 0.4) is 0 Å². The van der Waals surface area contributed by atoms with Crippen molar-refractivity contribution in [3.63, 3.8) is 0 Å². The van der Waals surface area contributed by atoms with Crippen molar-refractivity contribution in [3.8, 4) is 5.75 Å². The lowest BCUT2D eigenvalue weighted by atomic mass is 10.3. The average molecular weight is 318 g/mol. The van der Waals surface area contributed by atoms with E-state index in [1.54, 1.807) is 24.3 Å². The van der Waals surface area contributed by atoms with Crippen LogP contribution in [0.2, 0.25) is 0 Å². The molecule has 0 aliphatic carbocycles. The molecule has 5 nitrogen and oxygen atoms in total. The number of carbonyl (C=O) groups is 1. The summed E-state index contributed by atoms with van der Waals surface area (Å²) in [5.74, 6) is 0.677. The molecule has 0 spiro atoms. The molecule has 1 unspecified atom stereocenters. The summed E-state index contributed by atoms with van der Waals surface area (Å²) in [5.41, 5.74) is 0.583. The zero-order valence-electron chi connectivity index (χ0n) is 10.1. The quantitative estimate of drug-likeness (QED) is 0.790. The van der Waals surface area contributed by atoms with E-state index in [-0.39, 0.29) is 6.61 Å². The lowest BCUT2D eigenvalue weighted by molar-refractivity contribution is 0.0890. The van der Waals surface area contributed by atoms with E-state index in [0.717, 1.165) is 0 Å². The van der Waals surface area contributed by atoms with Crippen molar-refractivity contribution in [3.05, 3.63) is 24.3 Å². The predicted octanol–water partition coefficient (Wildman–Crippen LogP) is 2.39. The fraction of sp³-hybridized carbons (Fsp3) is 0.417. The molecule has 0 bridgehead atoms. The molecular weight excluding hydrogens is 302 g/mol. The predicted molar refractivity (Wildman–Crippen MR) is 72.4 cm³/mol. The number of hydrogen-bond acceptors (Lipinski definition) is 4. The van der Waals surface area contributed by atoms with Crippen molar-refractivity contribution >= 4 is 27.7 Å². The summed E-state index contributed by atoms with van der Waals surface area (Å²) >= 11 is 3.08. The summed E-state index contributed by atoms with van der Waals surface area (Å²) in [6, 6.07) is 7.00. The third-order valence-electron chi connectivity index (χ3n) is 1.98. The number of halogens is 1. The van der Waals surface area contributed by atoms with Crippen LogP contribution in [0.25, 0.3) is 0 Å². The first-order valence-corrected chi connectivity index (χ1v) is 6.68. The molecule has 0 saturated carbocycles. The highest BCUT2D eigenvalue weighted by atomic mass is 79.9. The smallest absolute Gasteiger partial charge is 0.411 e. The van der Waals surface area contributed by atoms with Gasteiger partial charge in [-0.25, -0.2) is 4.79 Å². The first-order valence-electron chi connectivity index (χ1n) is 5.56. The van der Waals surface area contributed by atoms with Gasteiger partial charge in [0.1, 0.15) is 12.4 Å². The van der Waals surface area contributed by atoms with Crippen molar-refractivity contribution in [2.24, 2.45) is 0 Å². The number of benzene rings is 1. The number of carbonyl (C=O) groups excluding carboxylic acids is 1. The van der Waals surface area contributed by atoms with Gasteiger partial charge in [0, 0.05) is 17.1 Å². The van der Waals surface area contributed by atoms with Crippen LogP contribution < -0.4 is 10.1 Å². The largest absolute Gasteiger partial charge is 0.494 e. The molecule has 0 aliphatic heterocycles. The van der Waals surface area contributed by atoms with Gasteiger partial charge < -0.3 is 14.6 Å². The fourth-order valence-corrected chi connectivity index (χ4v) is 1.39. The Labute approximate surface area is 114 Å². The molecule has 2 N–H and O–H groups in total. The van der Waals surface area contributed by atoms with Crippen molar-refractivity contribution in [1.82, 2.24) is 0 Å². The minimum atomic E-state index is -0.703. The number of rotatable bonds is 6. The van der Waals surface area contributed by atoms with Crippen molar-refractivity contribution in [2.75, 3.05) is 23.9 Å². The molecule has 6 heteroatoms. The molecule has 18 heavy (non-hydrogen) atoms. The summed E-state index contributed by atoms with van der Waals surface area (Å²) in [5, 5.41) is 12.1. The number of nitrogens with one attached hydrogen (secondary N) is 1. The number of hydrogen-bond donors (Lipinski definition) is 2. The number of anilines is 1. The van der Waals surface area contributed by atoms with Crippen LogP contribution in [0.5, 0.6) is 5.75 Å².